The molecule has 10 heteroatoms. The number of rotatable bonds is 5. The largest absolute Gasteiger partial charge is 0.339 e. The molecule has 0 saturated carbocycles. The van der Waals surface area contributed by atoms with E-state index in [0.717, 1.165) is 0 Å². The Morgan fingerprint density at radius 2 is 1.45 bits per heavy atom. The second kappa shape index (κ2) is 9.49. The van der Waals surface area contributed by atoms with Crippen molar-refractivity contribution in [3.8, 4) is 0 Å². The van der Waals surface area contributed by atoms with Gasteiger partial charge in [-0.1, -0.05) is 29.8 Å². The van der Waals surface area contributed by atoms with Gasteiger partial charge in [0.1, 0.15) is 0 Å². The summed E-state index contributed by atoms with van der Waals surface area (Å²) in [6, 6.07) is 13.4. The quantitative estimate of drug-likeness (QED) is 0.724. The van der Waals surface area contributed by atoms with E-state index in [-0.39, 0.29) is 29.5 Å². The van der Waals surface area contributed by atoms with Crippen LogP contribution in [0.5, 0.6) is 0 Å². The van der Waals surface area contributed by atoms with Gasteiger partial charge in [-0.15, -0.1) is 0 Å². The fourth-order valence-corrected chi connectivity index (χ4v) is 4.84. The maximum absolute atomic E-state index is 13.3. The lowest BCUT2D eigenvalue weighted by Gasteiger charge is -2.36. The van der Waals surface area contributed by atoms with Crippen LogP contribution >= 0.6 is 11.6 Å². The molecule has 164 valence electrons. The second-order valence-electron chi connectivity index (χ2n) is 7.05. The Bertz CT molecular complexity index is 1070. The van der Waals surface area contributed by atoms with Crippen LogP contribution in [0.4, 0.5) is 0 Å². The highest BCUT2D eigenvalue weighted by atomic mass is 35.5. The van der Waals surface area contributed by atoms with E-state index in [1.165, 1.54) is 48.2 Å². The van der Waals surface area contributed by atoms with Crippen LogP contribution in [0, 0.1) is 0 Å². The van der Waals surface area contributed by atoms with Crippen LogP contribution in [0.3, 0.4) is 0 Å². The summed E-state index contributed by atoms with van der Waals surface area (Å²) in [6.45, 7) is 2.38. The normalized spacial score (nSPS) is 15.3. The van der Waals surface area contributed by atoms with Crippen LogP contribution in [0.15, 0.2) is 59.5 Å². The van der Waals surface area contributed by atoms with Gasteiger partial charge in [0.05, 0.1) is 4.90 Å². The Labute approximate surface area is 185 Å². The van der Waals surface area contributed by atoms with E-state index in [4.69, 9.17) is 11.6 Å². The zero-order chi connectivity index (χ0) is 22.6. The molecular formula is C21H22ClN3O5S. The summed E-state index contributed by atoms with van der Waals surface area (Å²) >= 11 is 5.84. The molecule has 0 aromatic heterocycles. The Balaban J connectivity index is 1.89. The third-order valence-corrected chi connectivity index (χ3v) is 7.13. The van der Waals surface area contributed by atoms with Crippen LogP contribution in [0.25, 0.3) is 0 Å². The van der Waals surface area contributed by atoms with Gasteiger partial charge in [0.25, 0.3) is 11.8 Å². The van der Waals surface area contributed by atoms with Crippen molar-refractivity contribution < 1.29 is 22.8 Å². The van der Waals surface area contributed by atoms with Crippen LogP contribution in [0.2, 0.25) is 5.02 Å². The van der Waals surface area contributed by atoms with Crippen molar-refractivity contribution in [3.63, 3.8) is 0 Å². The number of carbonyl (C=O) groups excluding carboxylic acids is 3. The number of benzene rings is 2. The van der Waals surface area contributed by atoms with Crippen molar-refractivity contribution in [1.82, 2.24) is 15.1 Å². The lowest BCUT2D eigenvalue weighted by molar-refractivity contribution is -0.138. The molecule has 2 aromatic carbocycles. The minimum atomic E-state index is -4.22. The summed E-state index contributed by atoms with van der Waals surface area (Å²) in [6.07, 6.45) is 0. The van der Waals surface area contributed by atoms with Crippen molar-refractivity contribution in [2.45, 2.75) is 17.2 Å². The Hall–Kier alpha value is -2.91. The molecule has 1 saturated heterocycles. The standard InChI is InChI=1S/C21H22ClN3O5S/c1-15(26)24-11-13-25(14-12-24)21(28)20(31(29,30)18-5-3-2-4-6-18)23-19(27)16-7-9-17(22)10-8-16/h2-10,20H,11-14H2,1H3,(H,23,27)/t20-/m0/s1. The first-order chi connectivity index (χ1) is 14.7. The summed E-state index contributed by atoms with van der Waals surface area (Å²) < 4.78 is 26.5. The number of hydrogen-bond donors (Lipinski definition) is 1. The van der Waals surface area contributed by atoms with Crippen molar-refractivity contribution in [1.29, 1.82) is 0 Å². The monoisotopic (exact) mass is 463 g/mol. The minimum Gasteiger partial charge on any atom is -0.339 e. The van der Waals surface area contributed by atoms with Crippen LogP contribution < -0.4 is 5.32 Å². The average Bonchev–Trinajstić information content (AvgIpc) is 2.78. The molecule has 1 fully saturated rings. The summed E-state index contributed by atoms with van der Waals surface area (Å²) in [7, 11) is -4.22. The predicted octanol–water partition coefficient (Wildman–Crippen LogP) is 1.56. The highest BCUT2D eigenvalue weighted by Gasteiger charge is 2.39. The Kier molecular flexibility index (Phi) is 6.97. The van der Waals surface area contributed by atoms with Gasteiger partial charge in [-0.3, -0.25) is 14.4 Å². The van der Waals surface area contributed by atoms with Crippen LogP contribution in [-0.2, 0) is 19.4 Å². The van der Waals surface area contributed by atoms with E-state index in [1.807, 2.05) is 0 Å². The zero-order valence-electron chi connectivity index (χ0n) is 16.8. The van der Waals surface area contributed by atoms with Gasteiger partial charge in [-0.05, 0) is 36.4 Å². The van der Waals surface area contributed by atoms with E-state index in [0.29, 0.717) is 18.1 Å². The van der Waals surface area contributed by atoms with Crippen molar-refractivity contribution in [2.75, 3.05) is 26.2 Å². The number of nitrogens with one attached hydrogen (secondary N) is 1. The van der Waals surface area contributed by atoms with E-state index < -0.39 is 27.0 Å². The summed E-state index contributed by atoms with van der Waals surface area (Å²) in [5, 5.41) is 0.998. The first-order valence-corrected chi connectivity index (χ1v) is 11.5. The number of halogens is 1. The number of sulfone groups is 1. The summed E-state index contributed by atoms with van der Waals surface area (Å²) in [5.74, 6) is -1.57. The van der Waals surface area contributed by atoms with Crippen molar-refractivity contribution in [2.24, 2.45) is 0 Å². The van der Waals surface area contributed by atoms with Gasteiger partial charge in [-0.25, -0.2) is 8.42 Å². The van der Waals surface area contributed by atoms with Gasteiger partial charge in [0, 0.05) is 43.7 Å². The molecule has 0 bridgehead atoms. The number of nitrogens with zero attached hydrogens (tertiary/aromatic N) is 2. The first-order valence-electron chi connectivity index (χ1n) is 9.60. The molecule has 31 heavy (non-hydrogen) atoms. The second-order valence-corrected chi connectivity index (χ2v) is 9.52. The SMILES string of the molecule is CC(=O)N1CCN(C(=O)[C@@H](NC(=O)c2ccc(Cl)cc2)S(=O)(=O)c2ccccc2)CC1. The number of piperazine rings is 1. The molecule has 1 N–H and O–H groups in total. The molecule has 2 aromatic rings. The van der Waals surface area contributed by atoms with Crippen LogP contribution in [0.1, 0.15) is 17.3 Å². The van der Waals surface area contributed by atoms with E-state index in [9.17, 15) is 22.8 Å². The fraction of sp³-hybridized carbons (Fsp3) is 0.286. The maximum Gasteiger partial charge on any atom is 0.261 e. The van der Waals surface area contributed by atoms with Gasteiger partial charge in [-0.2, -0.15) is 0 Å². The molecule has 8 nitrogen and oxygen atoms in total. The highest BCUT2D eigenvalue weighted by molar-refractivity contribution is 7.92. The van der Waals surface area contributed by atoms with E-state index >= 15 is 0 Å². The maximum atomic E-state index is 13.3. The van der Waals surface area contributed by atoms with Crippen molar-refractivity contribution in [3.05, 3.63) is 65.2 Å². The fourth-order valence-electron chi connectivity index (χ4n) is 3.23. The molecule has 0 aliphatic carbocycles. The molecule has 0 unspecified atom stereocenters. The number of carbonyl (C=O) groups is 3. The molecule has 3 amide bonds. The molecular weight excluding hydrogens is 442 g/mol. The Morgan fingerprint density at radius 1 is 0.903 bits per heavy atom. The number of hydrogen-bond acceptors (Lipinski definition) is 5. The zero-order valence-corrected chi connectivity index (χ0v) is 18.4. The lowest BCUT2D eigenvalue weighted by Crippen LogP contribution is -2.57. The summed E-state index contributed by atoms with van der Waals surface area (Å²) in [4.78, 5) is 40.4. The molecule has 0 radical (unpaired) electrons. The van der Waals surface area contributed by atoms with Crippen LogP contribution in [-0.4, -0.2) is 67.5 Å². The van der Waals surface area contributed by atoms with Gasteiger partial charge < -0.3 is 15.1 Å². The molecule has 1 atom stereocenters. The van der Waals surface area contributed by atoms with E-state index in [2.05, 4.69) is 5.32 Å². The molecule has 1 heterocycles. The third kappa shape index (κ3) is 5.23. The molecule has 0 spiro atoms. The van der Waals surface area contributed by atoms with Crippen molar-refractivity contribution >= 4 is 39.2 Å². The number of amides is 3. The topological polar surface area (TPSA) is 104 Å². The smallest absolute Gasteiger partial charge is 0.261 e. The third-order valence-electron chi connectivity index (χ3n) is 5.01. The molecule has 1 aliphatic heterocycles. The molecule has 3 rings (SSSR count). The summed E-state index contributed by atoms with van der Waals surface area (Å²) in [5.41, 5.74) is 0.173. The minimum absolute atomic E-state index is 0.0767. The van der Waals surface area contributed by atoms with Gasteiger partial charge in [0.15, 0.2) is 0 Å². The molecule has 1 aliphatic rings. The predicted molar refractivity (Wildman–Crippen MR) is 115 cm³/mol. The highest BCUT2D eigenvalue weighted by Crippen LogP contribution is 2.18. The van der Waals surface area contributed by atoms with Gasteiger partial charge >= 0.3 is 0 Å². The van der Waals surface area contributed by atoms with Gasteiger partial charge in [0.2, 0.25) is 21.1 Å². The average molecular weight is 464 g/mol. The lowest BCUT2D eigenvalue weighted by atomic mass is 10.2. The van der Waals surface area contributed by atoms with E-state index in [1.54, 1.807) is 23.1 Å². The first kappa shape index (κ1) is 22.8. The Morgan fingerprint density at radius 3 is 2.00 bits per heavy atom.